The normalized spacial score (nSPS) is 15.3. The van der Waals surface area contributed by atoms with Crippen LogP contribution in [-0.2, 0) is 19.1 Å². The van der Waals surface area contributed by atoms with Crippen molar-refractivity contribution in [3.63, 3.8) is 0 Å². The predicted molar refractivity (Wildman–Crippen MR) is 129 cm³/mol. The Morgan fingerprint density at radius 1 is 1.09 bits per heavy atom. The van der Waals surface area contributed by atoms with E-state index in [-0.39, 0.29) is 18.0 Å². The molecule has 0 bridgehead atoms. The molecule has 1 aliphatic carbocycles. The summed E-state index contributed by atoms with van der Waals surface area (Å²) in [7, 11) is 0. The lowest BCUT2D eigenvalue weighted by atomic mass is 9.93. The second-order valence-corrected chi connectivity index (χ2v) is 10.2. The topological polar surface area (TPSA) is 131 Å². The summed E-state index contributed by atoms with van der Waals surface area (Å²) in [6.07, 6.45) is 0.195. The van der Waals surface area contributed by atoms with E-state index in [9.17, 15) is 19.2 Å². The molecule has 4 amide bonds. The summed E-state index contributed by atoms with van der Waals surface area (Å²) >= 11 is 0. The maximum absolute atomic E-state index is 13.9. The SMILES string of the molecule is Cc1cccc(C)c1C(C(=O)NC(C)C)N(C(=O)C(CC(N)=O)NC(=O)OC(C)(C)C)C1CC1. The number of nitrogens with one attached hydrogen (secondary N) is 2. The number of nitrogens with two attached hydrogens (primary N) is 1. The highest BCUT2D eigenvalue weighted by atomic mass is 16.6. The summed E-state index contributed by atoms with van der Waals surface area (Å²) in [5.41, 5.74) is 7.08. The molecular weight excluding hydrogens is 436 g/mol. The molecule has 1 saturated carbocycles. The zero-order chi connectivity index (χ0) is 25.8. The van der Waals surface area contributed by atoms with E-state index >= 15 is 0 Å². The fourth-order valence-corrected chi connectivity index (χ4v) is 3.92. The second kappa shape index (κ2) is 10.9. The van der Waals surface area contributed by atoms with Gasteiger partial charge in [-0.25, -0.2) is 4.79 Å². The largest absolute Gasteiger partial charge is 0.444 e. The third-order valence-corrected chi connectivity index (χ3v) is 5.36. The smallest absolute Gasteiger partial charge is 0.408 e. The van der Waals surface area contributed by atoms with Crippen LogP contribution >= 0.6 is 0 Å². The van der Waals surface area contributed by atoms with Crippen LogP contribution in [-0.4, -0.2) is 52.4 Å². The van der Waals surface area contributed by atoms with Gasteiger partial charge >= 0.3 is 6.09 Å². The minimum Gasteiger partial charge on any atom is -0.444 e. The molecule has 2 unspecified atom stereocenters. The van der Waals surface area contributed by atoms with Gasteiger partial charge in [0, 0.05) is 12.1 Å². The van der Waals surface area contributed by atoms with Gasteiger partial charge < -0.3 is 26.0 Å². The van der Waals surface area contributed by atoms with E-state index in [0.717, 1.165) is 29.5 Å². The first-order valence-corrected chi connectivity index (χ1v) is 11.7. The summed E-state index contributed by atoms with van der Waals surface area (Å²) in [4.78, 5) is 53.1. The number of hydrogen-bond acceptors (Lipinski definition) is 5. The van der Waals surface area contributed by atoms with E-state index in [4.69, 9.17) is 10.5 Å². The van der Waals surface area contributed by atoms with Gasteiger partial charge in [0.2, 0.25) is 17.7 Å². The van der Waals surface area contributed by atoms with Crippen LogP contribution in [0.1, 0.15) is 76.6 Å². The third-order valence-electron chi connectivity index (χ3n) is 5.36. The number of carbonyl (C=O) groups is 4. The molecule has 2 rings (SSSR count). The van der Waals surface area contributed by atoms with Crippen molar-refractivity contribution in [2.75, 3.05) is 0 Å². The van der Waals surface area contributed by atoms with E-state index in [0.29, 0.717) is 0 Å². The Hall–Kier alpha value is -3.10. The highest BCUT2D eigenvalue weighted by Gasteiger charge is 2.45. The maximum Gasteiger partial charge on any atom is 0.408 e. The van der Waals surface area contributed by atoms with Crippen LogP contribution in [0.15, 0.2) is 18.2 Å². The number of carbonyl (C=O) groups excluding carboxylic acids is 4. The Morgan fingerprint density at radius 3 is 2.09 bits per heavy atom. The van der Waals surface area contributed by atoms with Crippen molar-refractivity contribution in [1.82, 2.24) is 15.5 Å². The molecule has 1 aliphatic rings. The Balaban J connectivity index is 2.51. The molecule has 1 fully saturated rings. The molecule has 188 valence electrons. The van der Waals surface area contributed by atoms with Crippen LogP contribution in [0.5, 0.6) is 0 Å². The van der Waals surface area contributed by atoms with Crippen LogP contribution in [0.2, 0.25) is 0 Å². The molecular formula is C25H38N4O5. The number of nitrogens with zero attached hydrogens (tertiary/aromatic N) is 1. The number of ether oxygens (including phenoxy) is 1. The quantitative estimate of drug-likeness (QED) is 0.506. The van der Waals surface area contributed by atoms with Crippen molar-refractivity contribution in [1.29, 1.82) is 0 Å². The fraction of sp³-hybridized carbons (Fsp3) is 0.600. The minimum absolute atomic E-state index is 0.142. The molecule has 0 heterocycles. The van der Waals surface area contributed by atoms with Crippen LogP contribution in [0.3, 0.4) is 0 Å². The van der Waals surface area contributed by atoms with Crippen molar-refractivity contribution in [2.24, 2.45) is 5.73 Å². The molecule has 9 nitrogen and oxygen atoms in total. The molecule has 9 heteroatoms. The standard InChI is InChI=1S/C25H38N4O5/c1-14(2)27-22(31)21(20-15(3)9-8-10-16(20)4)29(17-11-12-17)23(32)18(13-19(26)30)28-24(33)34-25(5,6)7/h8-10,14,17-18,21H,11-13H2,1-7H3,(H2,26,30)(H,27,31)(H,28,33). The first-order chi connectivity index (χ1) is 15.7. The lowest BCUT2D eigenvalue weighted by Gasteiger charge is -2.36. The Labute approximate surface area is 201 Å². The molecule has 4 N–H and O–H groups in total. The Kier molecular flexibility index (Phi) is 8.69. The predicted octanol–water partition coefficient (Wildman–Crippen LogP) is 2.63. The van der Waals surface area contributed by atoms with Crippen LogP contribution < -0.4 is 16.4 Å². The first kappa shape index (κ1) is 27.1. The Morgan fingerprint density at radius 2 is 1.65 bits per heavy atom. The summed E-state index contributed by atoms with van der Waals surface area (Å²) in [5.74, 6) is -1.61. The van der Waals surface area contributed by atoms with Crippen LogP contribution in [0.4, 0.5) is 4.79 Å². The van der Waals surface area contributed by atoms with Crippen molar-refractivity contribution in [3.8, 4) is 0 Å². The molecule has 2 atom stereocenters. The highest BCUT2D eigenvalue weighted by molar-refractivity contribution is 5.95. The highest BCUT2D eigenvalue weighted by Crippen LogP contribution is 2.38. The second-order valence-electron chi connectivity index (χ2n) is 10.2. The van der Waals surface area contributed by atoms with E-state index in [2.05, 4.69) is 10.6 Å². The lowest BCUT2D eigenvalue weighted by molar-refractivity contribution is -0.144. The molecule has 0 saturated heterocycles. The van der Waals surface area contributed by atoms with E-state index in [1.54, 1.807) is 20.8 Å². The molecule has 1 aromatic rings. The average Bonchev–Trinajstić information content (AvgIpc) is 3.48. The van der Waals surface area contributed by atoms with Gasteiger partial charge in [0.1, 0.15) is 17.7 Å². The lowest BCUT2D eigenvalue weighted by Crippen LogP contribution is -2.55. The van der Waals surface area contributed by atoms with E-state index < -0.39 is 42.0 Å². The molecule has 34 heavy (non-hydrogen) atoms. The number of hydrogen-bond donors (Lipinski definition) is 3. The summed E-state index contributed by atoms with van der Waals surface area (Å²) < 4.78 is 5.29. The molecule has 0 aromatic heterocycles. The number of aryl methyl sites for hydroxylation is 2. The van der Waals surface area contributed by atoms with Gasteiger partial charge in [-0.1, -0.05) is 18.2 Å². The van der Waals surface area contributed by atoms with Gasteiger partial charge in [-0.2, -0.15) is 0 Å². The number of alkyl carbamates (subject to hydrolysis) is 1. The van der Waals surface area contributed by atoms with Crippen molar-refractivity contribution in [3.05, 3.63) is 34.9 Å². The number of amides is 4. The van der Waals surface area contributed by atoms with Crippen molar-refractivity contribution >= 4 is 23.8 Å². The summed E-state index contributed by atoms with van der Waals surface area (Å²) in [6.45, 7) is 12.6. The van der Waals surface area contributed by atoms with E-state index in [1.165, 1.54) is 4.90 Å². The van der Waals surface area contributed by atoms with Crippen LogP contribution in [0.25, 0.3) is 0 Å². The van der Waals surface area contributed by atoms with Gasteiger partial charge in [-0.3, -0.25) is 14.4 Å². The number of rotatable bonds is 9. The van der Waals surface area contributed by atoms with Gasteiger partial charge in [-0.05, 0) is 78.0 Å². The van der Waals surface area contributed by atoms with Crippen molar-refractivity contribution in [2.45, 2.75) is 97.5 Å². The van der Waals surface area contributed by atoms with Gasteiger partial charge in [0.15, 0.2) is 0 Å². The zero-order valence-corrected chi connectivity index (χ0v) is 21.2. The minimum atomic E-state index is -1.26. The average molecular weight is 475 g/mol. The van der Waals surface area contributed by atoms with Gasteiger partial charge in [0.25, 0.3) is 0 Å². The fourth-order valence-electron chi connectivity index (χ4n) is 3.92. The molecule has 0 spiro atoms. The number of primary amides is 1. The number of benzene rings is 1. The zero-order valence-electron chi connectivity index (χ0n) is 21.2. The molecule has 0 aliphatic heterocycles. The Bertz CT molecular complexity index is 913. The summed E-state index contributed by atoms with van der Waals surface area (Å²) in [5, 5.41) is 5.43. The molecule has 1 aromatic carbocycles. The maximum atomic E-state index is 13.9. The molecule has 0 radical (unpaired) electrons. The van der Waals surface area contributed by atoms with Gasteiger partial charge in [-0.15, -0.1) is 0 Å². The monoisotopic (exact) mass is 474 g/mol. The van der Waals surface area contributed by atoms with Crippen LogP contribution in [0, 0.1) is 13.8 Å². The third kappa shape index (κ3) is 7.46. The van der Waals surface area contributed by atoms with E-state index in [1.807, 2.05) is 45.9 Å². The van der Waals surface area contributed by atoms with Crippen molar-refractivity contribution < 1.29 is 23.9 Å². The van der Waals surface area contributed by atoms with Gasteiger partial charge in [0.05, 0.1) is 6.42 Å². The first-order valence-electron chi connectivity index (χ1n) is 11.7. The summed E-state index contributed by atoms with van der Waals surface area (Å²) in [6, 6.07) is 3.18.